The van der Waals surface area contributed by atoms with Crippen molar-refractivity contribution < 1.29 is 5.11 Å². The van der Waals surface area contributed by atoms with Crippen LogP contribution in [0.25, 0.3) is 5.70 Å². The highest BCUT2D eigenvalue weighted by Gasteiger charge is 2.31. The summed E-state index contributed by atoms with van der Waals surface area (Å²) in [5.41, 5.74) is 8.80. The maximum Gasteiger partial charge on any atom is 0.0713 e. The van der Waals surface area contributed by atoms with Crippen LogP contribution in [-0.4, -0.2) is 33.8 Å². The molecule has 0 aromatic carbocycles. The summed E-state index contributed by atoms with van der Waals surface area (Å²) in [6.07, 6.45) is 9.27. The lowest BCUT2D eigenvalue weighted by atomic mass is 9.82. The molecule has 1 aliphatic carbocycles. The molecular weight excluding hydrogens is 228 g/mol. The second-order valence-corrected chi connectivity index (χ2v) is 4.68. The number of allylic oxidation sites excluding steroid dienone is 1. The standard InChI is InChI=1S/C13H16N4O/c14-13-9(8-18)7-15-12-3-2-10(6-11(12)13)17-5-1-4-16-17/h1-2,4-5,7,11-12,18H,3,6,8,14H2. The Hall–Kier alpha value is -1.88. The van der Waals surface area contributed by atoms with Gasteiger partial charge in [0.15, 0.2) is 0 Å². The predicted octanol–water partition coefficient (Wildman–Crippen LogP) is 0.792. The third kappa shape index (κ3) is 1.76. The molecule has 2 heterocycles. The van der Waals surface area contributed by atoms with E-state index in [0.717, 1.165) is 29.8 Å². The molecule has 0 spiro atoms. The number of nitrogens with zero attached hydrogens (tertiary/aromatic N) is 3. The first-order valence-corrected chi connectivity index (χ1v) is 6.11. The minimum absolute atomic E-state index is 0.0423. The number of hydrogen-bond acceptors (Lipinski definition) is 4. The van der Waals surface area contributed by atoms with Gasteiger partial charge in [-0.2, -0.15) is 5.10 Å². The molecule has 2 aliphatic rings. The normalized spacial score (nSPS) is 27.1. The highest BCUT2D eigenvalue weighted by molar-refractivity contribution is 5.81. The van der Waals surface area contributed by atoms with E-state index in [1.54, 1.807) is 12.4 Å². The van der Waals surface area contributed by atoms with E-state index >= 15 is 0 Å². The van der Waals surface area contributed by atoms with Crippen molar-refractivity contribution in [2.24, 2.45) is 16.6 Å². The summed E-state index contributed by atoms with van der Waals surface area (Å²) in [5, 5.41) is 13.5. The van der Waals surface area contributed by atoms with E-state index in [0.29, 0.717) is 0 Å². The van der Waals surface area contributed by atoms with Gasteiger partial charge in [-0.3, -0.25) is 4.99 Å². The van der Waals surface area contributed by atoms with Crippen molar-refractivity contribution in [2.45, 2.75) is 18.9 Å². The zero-order valence-corrected chi connectivity index (χ0v) is 10.0. The fraction of sp³-hybridized carbons (Fsp3) is 0.385. The van der Waals surface area contributed by atoms with Crippen molar-refractivity contribution in [3.05, 3.63) is 35.8 Å². The molecule has 0 saturated heterocycles. The molecule has 0 amide bonds. The van der Waals surface area contributed by atoms with Crippen LogP contribution in [0.5, 0.6) is 0 Å². The van der Waals surface area contributed by atoms with Gasteiger partial charge in [-0.25, -0.2) is 4.68 Å². The SMILES string of the molecule is NC1=C(CO)C=NC2CC=C(n3cccn3)CC12. The van der Waals surface area contributed by atoms with Gasteiger partial charge in [-0.1, -0.05) is 6.08 Å². The maximum atomic E-state index is 9.24. The Balaban J connectivity index is 1.89. The highest BCUT2D eigenvalue weighted by Crippen LogP contribution is 2.35. The highest BCUT2D eigenvalue weighted by atomic mass is 16.3. The lowest BCUT2D eigenvalue weighted by molar-refractivity contribution is 0.330. The predicted molar refractivity (Wildman–Crippen MR) is 69.8 cm³/mol. The summed E-state index contributed by atoms with van der Waals surface area (Å²) in [6.45, 7) is -0.0423. The molecule has 1 aromatic heterocycles. The average molecular weight is 244 g/mol. The molecule has 3 rings (SSSR count). The minimum atomic E-state index is -0.0423. The molecular formula is C13H16N4O. The molecule has 1 aliphatic heterocycles. The van der Waals surface area contributed by atoms with Gasteiger partial charge in [0, 0.05) is 41.5 Å². The van der Waals surface area contributed by atoms with Gasteiger partial charge in [0.2, 0.25) is 0 Å². The van der Waals surface area contributed by atoms with E-state index in [2.05, 4.69) is 16.2 Å². The second-order valence-electron chi connectivity index (χ2n) is 4.68. The Morgan fingerprint density at radius 3 is 3.11 bits per heavy atom. The fourth-order valence-electron chi connectivity index (χ4n) is 2.60. The van der Waals surface area contributed by atoms with E-state index in [4.69, 9.17) is 5.73 Å². The summed E-state index contributed by atoms with van der Waals surface area (Å²) in [5.74, 6) is 0.182. The lowest BCUT2D eigenvalue weighted by Crippen LogP contribution is -2.33. The van der Waals surface area contributed by atoms with Crippen LogP contribution < -0.4 is 5.73 Å². The summed E-state index contributed by atoms with van der Waals surface area (Å²) in [7, 11) is 0. The molecule has 18 heavy (non-hydrogen) atoms. The minimum Gasteiger partial charge on any atom is -0.401 e. The number of dihydropyridines is 1. The van der Waals surface area contributed by atoms with Crippen LogP contribution in [0.2, 0.25) is 0 Å². The van der Waals surface area contributed by atoms with Crippen LogP contribution in [0.4, 0.5) is 0 Å². The number of rotatable bonds is 2. The molecule has 5 heteroatoms. The van der Waals surface area contributed by atoms with Crippen LogP contribution in [0.15, 0.2) is 40.8 Å². The van der Waals surface area contributed by atoms with Crippen LogP contribution in [0.1, 0.15) is 12.8 Å². The number of nitrogens with two attached hydrogens (primary N) is 1. The van der Waals surface area contributed by atoms with Gasteiger partial charge in [-0.15, -0.1) is 0 Å². The van der Waals surface area contributed by atoms with E-state index in [1.807, 2.05) is 16.9 Å². The lowest BCUT2D eigenvalue weighted by Gasteiger charge is -2.32. The zero-order valence-electron chi connectivity index (χ0n) is 10.0. The zero-order chi connectivity index (χ0) is 12.5. The average Bonchev–Trinajstić information content (AvgIpc) is 2.93. The third-order valence-electron chi connectivity index (χ3n) is 3.65. The van der Waals surface area contributed by atoms with Crippen LogP contribution in [0, 0.1) is 5.92 Å². The summed E-state index contributed by atoms with van der Waals surface area (Å²) in [4.78, 5) is 4.47. The van der Waals surface area contributed by atoms with Crippen LogP contribution in [-0.2, 0) is 0 Å². The Kier molecular flexibility index (Phi) is 2.76. The Morgan fingerprint density at radius 1 is 1.50 bits per heavy atom. The van der Waals surface area contributed by atoms with E-state index in [9.17, 15) is 5.11 Å². The fourth-order valence-corrected chi connectivity index (χ4v) is 2.60. The topological polar surface area (TPSA) is 76.4 Å². The van der Waals surface area contributed by atoms with Crippen LogP contribution in [0.3, 0.4) is 0 Å². The van der Waals surface area contributed by atoms with Crippen molar-refractivity contribution in [1.82, 2.24) is 9.78 Å². The Morgan fingerprint density at radius 2 is 2.39 bits per heavy atom. The molecule has 0 saturated carbocycles. The van der Waals surface area contributed by atoms with Gasteiger partial charge in [0.1, 0.15) is 0 Å². The molecule has 0 bridgehead atoms. The van der Waals surface area contributed by atoms with Crippen molar-refractivity contribution in [3.8, 4) is 0 Å². The smallest absolute Gasteiger partial charge is 0.0713 e. The summed E-state index contributed by atoms with van der Waals surface area (Å²) >= 11 is 0. The number of aliphatic hydroxyl groups excluding tert-OH is 1. The molecule has 0 radical (unpaired) electrons. The number of fused-ring (bicyclic) bond motifs is 1. The first-order chi connectivity index (χ1) is 8.79. The number of hydrogen-bond donors (Lipinski definition) is 2. The Labute approximate surface area is 105 Å². The van der Waals surface area contributed by atoms with Crippen LogP contribution >= 0.6 is 0 Å². The number of aromatic nitrogens is 2. The number of aliphatic imine (C=N–C) groups is 1. The van der Waals surface area contributed by atoms with Crippen molar-refractivity contribution in [2.75, 3.05) is 6.61 Å². The quantitative estimate of drug-likeness (QED) is 0.807. The van der Waals surface area contributed by atoms with Gasteiger partial charge in [-0.05, 0) is 18.9 Å². The van der Waals surface area contributed by atoms with E-state index in [-0.39, 0.29) is 18.6 Å². The van der Waals surface area contributed by atoms with Crippen molar-refractivity contribution in [1.29, 1.82) is 0 Å². The first kappa shape index (κ1) is 11.2. The van der Waals surface area contributed by atoms with E-state index < -0.39 is 0 Å². The van der Waals surface area contributed by atoms with Gasteiger partial charge < -0.3 is 10.8 Å². The van der Waals surface area contributed by atoms with Gasteiger partial charge in [0.25, 0.3) is 0 Å². The van der Waals surface area contributed by atoms with Gasteiger partial charge >= 0.3 is 0 Å². The molecule has 1 aromatic rings. The summed E-state index contributed by atoms with van der Waals surface area (Å²) in [6, 6.07) is 2.12. The van der Waals surface area contributed by atoms with Crippen molar-refractivity contribution in [3.63, 3.8) is 0 Å². The molecule has 0 fully saturated rings. The molecule has 2 atom stereocenters. The second kappa shape index (κ2) is 4.42. The number of aliphatic hydroxyl groups is 1. The molecule has 2 unspecified atom stereocenters. The molecule has 5 nitrogen and oxygen atoms in total. The van der Waals surface area contributed by atoms with Crippen molar-refractivity contribution >= 4 is 11.9 Å². The summed E-state index contributed by atoms with van der Waals surface area (Å²) < 4.78 is 1.88. The largest absolute Gasteiger partial charge is 0.401 e. The third-order valence-corrected chi connectivity index (χ3v) is 3.65. The maximum absolute atomic E-state index is 9.24. The van der Waals surface area contributed by atoms with E-state index in [1.165, 1.54) is 0 Å². The van der Waals surface area contributed by atoms with Gasteiger partial charge in [0.05, 0.1) is 12.6 Å². The molecule has 94 valence electrons. The Bertz CT molecular complexity index is 527. The first-order valence-electron chi connectivity index (χ1n) is 6.11. The molecule has 3 N–H and O–H groups in total. The monoisotopic (exact) mass is 244 g/mol.